The number of benzene rings is 1. The second kappa shape index (κ2) is 3.83. The van der Waals surface area contributed by atoms with Gasteiger partial charge in [0.1, 0.15) is 0 Å². The molecule has 3 rings (SSSR count). The van der Waals surface area contributed by atoms with Gasteiger partial charge < -0.3 is 10.5 Å². The molecule has 1 saturated heterocycles. The molecule has 0 saturated carbocycles. The lowest BCUT2D eigenvalue weighted by Crippen LogP contribution is -2.26. The fourth-order valence-electron chi connectivity index (χ4n) is 3.17. The lowest BCUT2D eigenvalue weighted by molar-refractivity contribution is -0.153. The maximum Gasteiger partial charge on any atom is 0.321 e. The zero-order chi connectivity index (χ0) is 12.9. The van der Waals surface area contributed by atoms with Gasteiger partial charge in [0.25, 0.3) is 0 Å². The first-order valence-electron chi connectivity index (χ1n) is 6.26. The number of carbonyl (C=O) groups excluding carboxylic acids is 2. The monoisotopic (exact) mass is 245 g/mol. The highest BCUT2D eigenvalue weighted by atomic mass is 16.6. The standard InChI is InChI=1S/C14H15NO3/c1-2-7-5-11-12(14(17)18-13(11)16)10-6-8(15)3-4-9(7)10/h3-4,6-7,11-12H,2,5,15H2,1H3. The summed E-state index contributed by atoms with van der Waals surface area (Å²) in [6.45, 7) is 2.09. The Bertz CT molecular complexity index is 538. The Morgan fingerprint density at radius 2 is 2.06 bits per heavy atom. The summed E-state index contributed by atoms with van der Waals surface area (Å²) in [6, 6.07) is 5.64. The van der Waals surface area contributed by atoms with Gasteiger partial charge in [0, 0.05) is 5.69 Å². The van der Waals surface area contributed by atoms with Gasteiger partial charge in [-0.1, -0.05) is 13.0 Å². The fraction of sp³-hybridized carbons (Fsp3) is 0.429. The number of nitrogens with two attached hydrogens (primary N) is 1. The summed E-state index contributed by atoms with van der Waals surface area (Å²) in [6.07, 6.45) is 1.64. The van der Waals surface area contributed by atoms with Crippen LogP contribution >= 0.6 is 0 Å². The predicted molar refractivity (Wildman–Crippen MR) is 65.8 cm³/mol. The number of anilines is 1. The van der Waals surface area contributed by atoms with Gasteiger partial charge >= 0.3 is 11.9 Å². The molecule has 3 unspecified atom stereocenters. The number of ether oxygens (including phenoxy) is 1. The lowest BCUT2D eigenvalue weighted by atomic mass is 9.70. The fourth-order valence-corrected chi connectivity index (χ4v) is 3.17. The van der Waals surface area contributed by atoms with E-state index in [4.69, 9.17) is 10.5 Å². The van der Waals surface area contributed by atoms with Gasteiger partial charge in [-0.3, -0.25) is 9.59 Å². The molecule has 94 valence electrons. The average molecular weight is 245 g/mol. The third-order valence-corrected chi connectivity index (χ3v) is 4.08. The van der Waals surface area contributed by atoms with E-state index in [0.29, 0.717) is 18.0 Å². The van der Waals surface area contributed by atoms with Crippen LogP contribution in [0.4, 0.5) is 5.69 Å². The SMILES string of the molecule is CCC1CC2C(=O)OC(=O)C2c2cc(N)ccc21. The molecule has 4 nitrogen and oxygen atoms in total. The van der Waals surface area contributed by atoms with Crippen LogP contribution in [-0.2, 0) is 14.3 Å². The van der Waals surface area contributed by atoms with Crippen LogP contribution in [0.5, 0.6) is 0 Å². The maximum absolute atomic E-state index is 11.8. The van der Waals surface area contributed by atoms with Crippen LogP contribution < -0.4 is 5.73 Å². The minimum Gasteiger partial charge on any atom is -0.399 e. The van der Waals surface area contributed by atoms with Crippen LogP contribution in [0.15, 0.2) is 18.2 Å². The lowest BCUT2D eigenvalue weighted by Gasteiger charge is -2.30. The number of rotatable bonds is 1. The van der Waals surface area contributed by atoms with Gasteiger partial charge in [-0.15, -0.1) is 0 Å². The molecule has 2 aliphatic rings. The van der Waals surface area contributed by atoms with E-state index in [1.54, 1.807) is 0 Å². The number of carbonyl (C=O) groups is 2. The Kier molecular flexibility index (Phi) is 2.40. The average Bonchev–Trinajstić information content (AvgIpc) is 2.63. The highest BCUT2D eigenvalue weighted by Gasteiger charge is 2.49. The molecule has 3 atom stereocenters. The van der Waals surface area contributed by atoms with Crippen molar-refractivity contribution >= 4 is 17.6 Å². The molecule has 0 amide bonds. The van der Waals surface area contributed by atoms with E-state index in [2.05, 4.69) is 6.92 Å². The molecule has 4 heteroatoms. The summed E-state index contributed by atoms with van der Waals surface area (Å²) < 4.78 is 4.78. The Labute approximate surface area is 105 Å². The van der Waals surface area contributed by atoms with E-state index >= 15 is 0 Å². The summed E-state index contributed by atoms with van der Waals surface area (Å²) >= 11 is 0. The summed E-state index contributed by atoms with van der Waals surface area (Å²) in [5.41, 5.74) is 8.44. The van der Waals surface area contributed by atoms with Crippen molar-refractivity contribution in [2.75, 3.05) is 5.73 Å². The van der Waals surface area contributed by atoms with Gasteiger partial charge in [0.2, 0.25) is 0 Å². The van der Waals surface area contributed by atoms with Crippen molar-refractivity contribution in [2.45, 2.75) is 31.6 Å². The van der Waals surface area contributed by atoms with E-state index in [-0.39, 0.29) is 11.9 Å². The molecule has 1 aromatic carbocycles. The van der Waals surface area contributed by atoms with Gasteiger partial charge in [-0.25, -0.2) is 0 Å². The zero-order valence-corrected chi connectivity index (χ0v) is 10.2. The van der Waals surface area contributed by atoms with Crippen LogP contribution in [0, 0.1) is 5.92 Å². The Hall–Kier alpha value is -1.84. The number of hydrogen-bond acceptors (Lipinski definition) is 4. The molecule has 0 radical (unpaired) electrons. The molecule has 1 fully saturated rings. The van der Waals surface area contributed by atoms with Crippen molar-refractivity contribution in [1.82, 2.24) is 0 Å². The molecular weight excluding hydrogens is 230 g/mol. The second-order valence-corrected chi connectivity index (χ2v) is 5.05. The second-order valence-electron chi connectivity index (χ2n) is 5.05. The van der Waals surface area contributed by atoms with E-state index in [0.717, 1.165) is 17.5 Å². The molecule has 0 spiro atoms. The van der Waals surface area contributed by atoms with Crippen LogP contribution in [0.25, 0.3) is 0 Å². The minimum absolute atomic E-state index is 0.306. The van der Waals surface area contributed by atoms with E-state index in [1.807, 2.05) is 18.2 Å². The number of cyclic esters (lactones) is 2. The third kappa shape index (κ3) is 1.45. The van der Waals surface area contributed by atoms with Crippen molar-refractivity contribution in [3.05, 3.63) is 29.3 Å². The van der Waals surface area contributed by atoms with Crippen LogP contribution in [0.2, 0.25) is 0 Å². The molecular formula is C14H15NO3. The van der Waals surface area contributed by atoms with E-state index in [1.165, 1.54) is 0 Å². The first kappa shape index (κ1) is 11.3. The molecule has 1 aliphatic carbocycles. The van der Waals surface area contributed by atoms with Crippen LogP contribution in [-0.4, -0.2) is 11.9 Å². The van der Waals surface area contributed by atoms with Crippen molar-refractivity contribution < 1.29 is 14.3 Å². The van der Waals surface area contributed by atoms with Crippen molar-refractivity contribution in [3.63, 3.8) is 0 Å². The summed E-state index contributed by atoms with van der Waals surface area (Å²) in [4.78, 5) is 23.5. The van der Waals surface area contributed by atoms with Crippen LogP contribution in [0.1, 0.15) is 42.7 Å². The molecule has 0 aromatic heterocycles. The number of esters is 2. The van der Waals surface area contributed by atoms with E-state index < -0.39 is 11.9 Å². The normalized spacial score (nSPS) is 29.7. The maximum atomic E-state index is 11.8. The first-order chi connectivity index (χ1) is 8.61. The topological polar surface area (TPSA) is 69.4 Å². The Morgan fingerprint density at radius 1 is 1.28 bits per heavy atom. The smallest absolute Gasteiger partial charge is 0.321 e. The molecule has 18 heavy (non-hydrogen) atoms. The minimum atomic E-state index is -0.446. The number of fused-ring (bicyclic) bond motifs is 3. The van der Waals surface area contributed by atoms with Crippen molar-refractivity contribution in [1.29, 1.82) is 0 Å². The zero-order valence-electron chi connectivity index (χ0n) is 10.2. The summed E-state index contributed by atoms with van der Waals surface area (Å²) in [5.74, 6) is -1.27. The molecule has 0 bridgehead atoms. The summed E-state index contributed by atoms with van der Waals surface area (Å²) in [5, 5.41) is 0. The van der Waals surface area contributed by atoms with Gasteiger partial charge in [-0.2, -0.15) is 0 Å². The van der Waals surface area contributed by atoms with Gasteiger partial charge in [-0.05, 0) is 42.0 Å². The van der Waals surface area contributed by atoms with Gasteiger partial charge in [0.15, 0.2) is 0 Å². The van der Waals surface area contributed by atoms with Gasteiger partial charge in [0.05, 0.1) is 11.8 Å². The van der Waals surface area contributed by atoms with Crippen molar-refractivity contribution in [3.8, 4) is 0 Å². The number of hydrogen-bond donors (Lipinski definition) is 1. The highest BCUT2D eigenvalue weighted by molar-refractivity contribution is 6.00. The van der Waals surface area contributed by atoms with Crippen LogP contribution in [0.3, 0.4) is 0 Å². The molecule has 1 aliphatic heterocycles. The summed E-state index contributed by atoms with van der Waals surface area (Å²) in [7, 11) is 0. The third-order valence-electron chi connectivity index (χ3n) is 4.08. The molecule has 1 aromatic rings. The molecule has 2 N–H and O–H groups in total. The Balaban J connectivity index is 2.16. The molecule has 1 heterocycles. The number of nitrogen functional groups attached to an aromatic ring is 1. The highest BCUT2D eigenvalue weighted by Crippen LogP contribution is 2.48. The van der Waals surface area contributed by atoms with E-state index in [9.17, 15) is 9.59 Å². The largest absolute Gasteiger partial charge is 0.399 e. The van der Waals surface area contributed by atoms with Crippen molar-refractivity contribution in [2.24, 2.45) is 5.92 Å². The predicted octanol–water partition coefficient (Wildman–Crippen LogP) is 1.95. The Morgan fingerprint density at radius 3 is 2.78 bits per heavy atom. The first-order valence-corrected chi connectivity index (χ1v) is 6.26. The quantitative estimate of drug-likeness (QED) is 0.466.